The molecule has 1 aliphatic rings. The van der Waals surface area contributed by atoms with Crippen molar-refractivity contribution in [3.8, 4) is 0 Å². The van der Waals surface area contributed by atoms with Crippen LogP contribution >= 0.6 is 0 Å². The Balaban J connectivity index is 2.74. The highest BCUT2D eigenvalue weighted by molar-refractivity contribution is 5.83. The number of carbonyl (C=O) groups excluding carboxylic acids is 1. The Morgan fingerprint density at radius 1 is 1.35 bits per heavy atom. The smallest absolute Gasteiger partial charge is 0.321 e. The van der Waals surface area contributed by atoms with E-state index in [1.165, 1.54) is 0 Å². The number of amides is 1. The quantitative estimate of drug-likeness (QED) is 0.781. The second-order valence-corrected chi connectivity index (χ2v) is 5.84. The van der Waals surface area contributed by atoms with Crippen LogP contribution in [0.2, 0.25) is 0 Å². The zero-order valence-corrected chi connectivity index (χ0v) is 13.1. The van der Waals surface area contributed by atoms with Crippen LogP contribution in [0, 0.1) is 5.92 Å². The SMILES string of the molecule is CCC(CC)NC(=O)C(C)N1CCCC(C)C1C(=O)O. The number of carboxylic acids is 1. The van der Waals surface area contributed by atoms with Crippen LogP contribution in [0.15, 0.2) is 0 Å². The van der Waals surface area contributed by atoms with Crippen molar-refractivity contribution in [2.75, 3.05) is 6.54 Å². The van der Waals surface area contributed by atoms with Gasteiger partial charge in [-0.2, -0.15) is 0 Å². The van der Waals surface area contributed by atoms with E-state index in [0.717, 1.165) is 25.7 Å². The van der Waals surface area contributed by atoms with E-state index in [0.29, 0.717) is 6.54 Å². The number of hydrogen-bond acceptors (Lipinski definition) is 3. The summed E-state index contributed by atoms with van der Waals surface area (Å²) in [6.07, 6.45) is 3.66. The molecular weight excluding hydrogens is 256 g/mol. The van der Waals surface area contributed by atoms with Gasteiger partial charge in [0.1, 0.15) is 6.04 Å². The van der Waals surface area contributed by atoms with Crippen molar-refractivity contribution in [3.63, 3.8) is 0 Å². The van der Waals surface area contributed by atoms with E-state index in [1.54, 1.807) is 0 Å². The minimum absolute atomic E-state index is 0.0564. The normalized spacial score (nSPS) is 25.4. The summed E-state index contributed by atoms with van der Waals surface area (Å²) in [5, 5.41) is 12.4. The molecule has 5 heteroatoms. The van der Waals surface area contributed by atoms with Gasteiger partial charge < -0.3 is 10.4 Å². The van der Waals surface area contributed by atoms with Gasteiger partial charge in [0.05, 0.1) is 6.04 Å². The van der Waals surface area contributed by atoms with Gasteiger partial charge in [0, 0.05) is 6.04 Å². The molecule has 0 aliphatic carbocycles. The molecule has 1 fully saturated rings. The van der Waals surface area contributed by atoms with Gasteiger partial charge in [-0.1, -0.05) is 20.8 Å². The first-order valence-corrected chi connectivity index (χ1v) is 7.71. The molecule has 0 spiro atoms. The molecule has 1 rings (SSSR count). The van der Waals surface area contributed by atoms with Crippen molar-refractivity contribution in [2.24, 2.45) is 5.92 Å². The minimum atomic E-state index is -0.820. The van der Waals surface area contributed by atoms with Gasteiger partial charge in [-0.3, -0.25) is 14.5 Å². The van der Waals surface area contributed by atoms with E-state index < -0.39 is 12.0 Å². The number of piperidine rings is 1. The Morgan fingerprint density at radius 3 is 2.45 bits per heavy atom. The van der Waals surface area contributed by atoms with E-state index >= 15 is 0 Å². The number of nitrogens with zero attached hydrogens (tertiary/aromatic N) is 1. The number of carboxylic acid groups (broad SMARTS) is 1. The minimum Gasteiger partial charge on any atom is -0.480 e. The zero-order chi connectivity index (χ0) is 15.3. The maximum Gasteiger partial charge on any atom is 0.321 e. The lowest BCUT2D eigenvalue weighted by Gasteiger charge is -2.40. The fourth-order valence-corrected chi connectivity index (χ4v) is 3.00. The van der Waals surface area contributed by atoms with E-state index in [-0.39, 0.29) is 23.9 Å². The van der Waals surface area contributed by atoms with E-state index in [4.69, 9.17) is 0 Å². The highest BCUT2D eigenvalue weighted by atomic mass is 16.4. The molecule has 0 aromatic rings. The second-order valence-electron chi connectivity index (χ2n) is 5.84. The number of likely N-dealkylation sites (tertiary alicyclic amines) is 1. The maximum atomic E-state index is 12.3. The standard InChI is InChI=1S/C15H28N2O3/c1-5-12(6-2)16-14(18)11(4)17-9-7-8-10(3)13(17)15(19)20/h10-13H,5-9H2,1-4H3,(H,16,18)(H,19,20). The summed E-state index contributed by atoms with van der Waals surface area (Å²) in [5.41, 5.74) is 0. The van der Waals surface area contributed by atoms with Gasteiger partial charge in [-0.15, -0.1) is 0 Å². The van der Waals surface area contributed by atoms with Crippen molar-refractivity contribution in [2.45, 2.75) is 71.5 Å². The highest BCUT2D eigenvalue weighted by Crippen LogP contribution is 2.25. The van der Waals surface area contributed by atoms with Crippen molar-refractivity contribution in [1.29, 1.82) is 0 Å². The Labute approximate surface area is 121 Å². The molecule has 5 nitrogen and oxygen atoms in total. The molecular formula is C15H28N2O3. The molecule has 1 saturated heterocycles. The lowest BCUT2D eigenvalue weighted by molar-refractivity contribution is -0.149. The van der Waals surface area contributed by atoms with Crippen molar-refractivity contribution < 1.29 is 14.7 Å². The third-order valence-electron chi connectivity index (χ3n) is 4.43. The third kappa shape index (κ3) is 3.95. The number of nitrogens with one attached hydrogen (secondary N) is 1. The average molecular weight is 284 g/mol. The highest BCUT2D eigenvalue weighted by Gasteiger charge is 2.38. The van der Waals surface area contributed by atoms with Crippen LogP contribution in [0.3, 0.4) is 0 Å². The fourth-order valence-electron chi connectivity index (χ4n) is 3.00. The summed E-state index contributed by atoms with van der Waals surface area (Å²) in [5.74, 6) is -0.789. The summed E-state index contributed by atoms with van der Waals surface area (Å²) < 4.78 is 0. The predicted molar refractivity (Wildman–Crippen MR) is 78.5 cm³/mol. The number of carbonyl (C=O) groups is 2. The van der Waals surface area contributed by atoms with Gasteiger partial charge in [-0.05, 0) is 45.1 Å². The van der Waals surface area contributed by atoms with Gasteiger partial charge in [0.15, 0.2) is 0 Å². The number of rotatable bonds is 6. The molecule has 0 aromatic heterocycles. The van der Waals surface area contributed by atoms with Gasteiger partial charge in [-0.25, -0.2) is 0 Å². The van der Waals surface area contributed by atoms with E-state index in [9.17, 15) is 14.7 Å². The molecule has 0 radical (unpaired) electrons. The summed E-state index contributed by atoms with van der Waals surface area (Å²) in [6.45, 7) is 8.53. The van der Waals surface area contributed by atoms with Gasteiger partial charge in [0.25, 0.3) is 0 Å². The maximum absolute atomic E-state index is 12.3. The van der Waals surface area contributed by atoms with E-state index in [1.807, 2.05) is 32.6 Å². The Morgan fingerprint density at radius 2 is 1.95 bits per heavy atom. The molecule has 1 amide bonds. The fraction of sp³-hybridized carbons (Fsp3) is 0.867. The first-order valence-electron chi connectivity index (χ1n) is 7.71. The topological polar surface area (TPSA) is 69.6 Å². The monoisotopic (exact) mass is 284 g/mol. The summed E-state index contributed by atoms with van der Waals surface area (Å²) in [4.78, 5) is 25.6. The zero-order valence-electron chi connectivity index (χ0n) is 13.1. The molecule has 3 unspecified atom stereocenters. The van der Waals surface area contributed by atoms with Crippen LogP contribution in [0.1, 0.15) is 53.4 Å². The predicted octanol–water partition coefficient (Wildman–Crippen LogP) is 1.86. The molecule has 116 valence electrons. The van der Waals surface area contributed by atoms with Crippen LogP contribution in [-0.2, 0) is 9.59 Å². The first kappa shape index (κ1) is 17.0. The Kier molecular flexibility index (Phi) is 6.46. The number of aliphatic carboxylic acids is 1. The molecule has 1 heterocycles. The molecule has 2 N–H and O–H groups in total. The van der Waals surface area contributed by atoms with Gasteiger partial charge >= 0.3 is 5.97 Å². The second kappa shape index (κ2) is 7.62. The van der Waals surface area contributed by atoms with Crippen molar-refractivity contribution in [1.82, 2.24) is 10.2 Å². The lowest BCUT2D eigenvalue weighted by atomic mass is 9.89. The molecule has 0 bridgehead atoms. The molecule has 1 aliphatic heterocycles. The van der Waals surface area contributed by atoms with Crippen LogP contribution in [0.4, 0.5) is 0 Å². The summed E-state index contributed by atoms with van der Waals surface area (Å²) >= 11 is 0. The summed E-state index contributed by atoms with van der Waals surface area (Å²) in [7, 11) is 0. The molecule has 0 saturated carbocycles. The van der Waals surface area contributed by atoms with Crippen LogP contribution in [-0.4, -0.2) is 46.6 Å². The Bertz CT molecular complexity index is 342. The average Bonchev–Trinajstić information content (AvgIpc) is 2.42. The largest absolute Gasteiger partial charge is 0.480 e. The van der Waals surface area contributed by atoms with Crippen molar-refractivity contribution >= 4 is 11.9 Å². The third-order valence-corrected chi connectivity index (χ3v) is 4.43. The molecule has 3 atom stereocenters. The van der Waals surface area contributed by atoms with Crippen LogP contribution in [0.25, 0.3) is 0 Å². The van der Waals surface area contributed by atoms with Crippen LogP contribution < -0.4 is 5.32 Å². The first-order chi connectivity index (χ1) is 9.42. The molecule has 0 aromatic carbocycles. The van der Waals surface area contributed by atoms with Gasteiger partial charge in [0.2, 0.25) is 5.91 Å². The summed E-state index contributed by atoms with van der Waals surface area (Å²) in [6, 6.07) is -0.763. The van der Waals surface area contributed by atoms with Crippen LogP contribution in [0.5, 0.6) is 0 Å². The molecule has 20 heavy (non-hydrogen) atoms. The lowest BCUT2D eigenvalue weighted by Crippen LogP contribution is -2.57. The van der Waals surface area contributed by atoms with Crippen molar-refractivity contribution in [3.05, 3.63) is 0 Å². The Hall–Kier alpha value is -1.10. The van der Waals surface area contributed by atoms with E-state index in [2.05, 4.69) is 5.32 Å². The number of hydrogen-bond donors (Lipinski definition) is 2.